The lowest BCUT2D eigenvalue weighted by Gasteiger charge is -2.06. The minimum atomic E-state index is -0.359. The van der Waals surface area contributed by atoms with E-state index in [1.807, 2.05) is 0 Å². The molecule has 0 bridgehead atoms. The number of nitrogens with zero attached hydrogens (tertiary/aromatic N) is 5. The zero-order chi connectivity index (χ0) is 15.0. The van der Waals surface area contributed by atoms with Crippen molar-refractivity contribution in [2.45, 2.75) is 13.1 Å². The normalized spacial score (nSPS) is 11.2. The molecule has 2 heterocycles. The number of rotatable bonds is 3. The van der Waals surface area contributed by atoms with E-state index in [-0.39, 0.29) is 24.5 Å². The lowest BCUT2D eigenvalue weighted by molar-refractivity contribution is 0.587. The number of nitrogens with two attached hydrogens (primary N) is 1. The van der Waals surface area contributed by atoms with Crippen molar-refractivity contribution in [2.24, 2.45) is 12.8 Å². The van der Waals surface area contributed by atoms with Gasteiger partial charge in [0.25, 0.3) is 5.56 Å². The molecule has 3 aromatic rings. The Hall–Kier alpha value is -2.61. The fraction of sp³-hybridized carbons (Fsp3) is 0.231. The Morgan fingerprint density at radius 2 is 2.19 bits per heavy atom. The lowest BCUT2D eigenvalue weighted by Crippen LogP contribution is -2.24. The summed E-state index contributed by atoms with van der Waals surface area (Å²) >= 11 is 0. The van der Waals surface area contributed by atoms with Crippen molar-refractivity contribution < 1.29 is 4.39 Å². The topological polar surface area (TPSA) is 91.6 Å². The molecule has 0 fully saturated rings. The van der Waals surface area contributed by atoms with Gasteiger partial charge in [-0.05, 0) is 17.7 Å². The largest absolute Gasteiger partial charge is 0.326 e. The average molecular weight is 288 g/mol. The standard InChI is InChI=1S/C13H13FN6O/c1-19-12-10(6-16-19)13(21)20(18-17-12)7-8-2-3-11(14)9(4-8)5-15/h2-4,6H,5,7,15H2,1H3. The molecule has 0 saturated heterocycles. The molecule has 0 saturated carbocycles. The molecular weight excluding hydrogens is 275 g/mol. The predicted molar refractivity (Wildman–Crippen MR) is 74.0 cm³/mol. The maximum atomic E-state index is 13.4. The van der Waals surface area contributed by atoms with Gasteiger partial charge in [-0.1, -0.05) is 11.3 Å². The van der Waals surface area contributed by atoms with Gasteiger partial charge < -0.3 is 5.73 Å². The van der Waals surface area contributed by atoms with Crippen LogP contribution >= 0.6 is 0 Å². The van der Waals surface area contributed by atoms with E-state index in [0.717, 1.165) is 5.56 Å². The second kappa shape index (κ2) is 5.06. The number of hydrogen-bond acceptors (Lipinski definition) is 5. The third kappa shape index (κ3) is 2.29. The van der Waals surface area contributed by atoms with Crippen LogP contribution in [0, 0.1) is 5.82 Å². The molecule has 0 amide bonds. The maximum Gasteiger partial charge on any atom is 0.281 e. The van der Waals surface area contributed by atoms with Crippen LogP contribution in [0.2, 0.25) is 0 Å². The first-order valence-corrected chi connectivity index (χ1v) is 6.33. The summed E-state index contributed by atoms with van der Waals surface area (Å²) < 4.78 is 16.1. The molecule has 0 radical (unpaired) electrons. The molecule has 0 atom stereocenters. The lowest BCUT2D eigenvalue weighted by atomic mass is 10.1. The van der Waals surface area contributed by atoms with E-state index >= 15 is 0 Å². The van der Waals surface area contributed by atoms with Crippen LogP contribution in [-0.2, 0) is 20.1 Å². The molecule has 7 nitrogen and oxygen atoms in total. The Kier molecular flexibility index (Phi) is 3.22. The van der Waals surface area contributed by atoms with Gasteiger partial charge in [-0.2, -0.15) is 5.10 Å². The summed E-state index contributed by atoms with van der Waals surface area (Å²) in [6.07, 6.45) is 1.46. The first-order chi connectivity index (χ1) is 10.1. The molecule has 0 spiro atoms. The molecule has 108 valence electrons. The van der Waals surface area contributed by atoms with Crippen molar-refractivity contribution in [3.05, 3.63) is 51.7 Å². The quantitative estimate of drug-likeness (QED) is 0.742. The zero-order valence-electron chi connectivity index (χ0n) is 11.3. The van der Waals surface area contributed by atoms with Gasteiger partial charge in [0, 0.05) is 19.2 Å². The van der Waals surface area contributed by atoms with Crippen LogP contribution in [0.5, 0.6) is 0 Å². The number of fused-ring (bicyclic) bond motifs is 1. The van der Waals surface area contributed by atoms with Gasteiger partial charge in [0.2, 0.25) is 0 Å². The smallest absolute Gasteiger partial charge is 0.281 e. The fourth-order valence-corrected chi connectivity index (χ4v) is 2.14. The molecule has 2 aromatic heterocycles. The van der Waals surface area contributed by atoms with Crippen LogP contribution in [0.25, 0.3) is 11.0 Å². The van der Waals surface area contributed by atoms with Gasteiger partial charge in [0.05, 0.1) is 12.7 Å². The van der Waals surface area contributed by atoms with E-state index in [1.54, 1.807) is 19.2 Å². The Balaban J connectivity index is 2.02. The van der Waals surface area contributed by atoms with Gasteiger partial charge in [-0.25, -0.2) is 13.8 Å². The van der Waals surface area contributed by atoms with Crippen molar-refractivity contribution in [2.75, 3.05) is 0 Å². The molecule has 8 heteroatoms. The number of aryl methyl sites for hydroxylation is 1. The number of benzene rings is 1. The fourth-order valence-electron chi connectivity index (χ4n) is 2.14. The van der Waals surface area contributed by atoms with Crippen molar-refractivity contribution >= 4 is 11.0 Å². The van der Waals surface area contributed by atoms with E-state index in [9.17, 15) is 9.18 Å². The number of hydrogen-bond donors (Lipinski definition) is 1. The molecule has 2 N–H and O–H groups in total. The summed E-state index contributed by atoms with van der Waals surface area (Å²) in [5.74, 6) is -0.359. The minimum absolute atomic E-state index is 0.0991. The van der Waals surface area contributed by atoms with Gasteiger partial charge in [-0.3, -0.25) is 4.79 Å². The first kappa shape index (κ1) is 13.4. The molecule has 1 aromatic carbocycles. The van der Waals surface area contributed by atoms with E-state index in [1.165, 1.54) is 21.6 Å². The first-order valence-electron chi connectivity index (χ1n) is 6.33. The van der Waals surface area contributed by atoms with Crippen molar-refractivity contribution in [1.29, 1.82) is 0 Å². The zero-order valence-corrected chi connectivity index (χ0v) is 11.3. The van der Waals surface area contributed by atoms with Crippen molar-refractivity contribution in [1.82, 2.24) is 24.8 Å². The Bertz CT molecular complexity index is 869. The highest BCUT2D eigenvalue weighted by molar-refractivity contribution is 5.72. The number of aromatic nitrogens is 5. The summed E-state index contributed by atoms with van der Waals surface area (Å²) in [7, 11) is 1.69. The summed E-state index contributed by atoms with van der Waals surface area (Å²) in [5, 5.41) is 12.2. The van der Waals surface area contributed by atoms with Gasteiger partial charge >= 0.3 is 0 Å². The van der Waals surface area contributed by atoms with E-state index in [0.29, 0.717) is 16.6 Å². The monoisotopic (exact) mass is 288 g/mol. The Morgan fingerprint density at radius 3 is 2.95 bits per heavy atom. The Morgan fingerprint density at radius 1 is 1.38 bits per heavy atom. The van der Waals surface area contributed by atoms with Gasteiger partial charge in [-0.15, -0.1) is 5.10 Å². The molecule has 0 aliphatic rings. The van der Waals surface area contributed by atoms with Crippen LogP contribution in [0.1, 0.15) is 11.1 Å². The number of halogens is 1. The SMILES string of the molecule is Cn1ncc2c(=O)n(Cc3ccc(F)c(CN)c3)nnc21. The molecule has 0 aliphatic carbocycles. The molecule has 21 heavy (non-hydrogen) atoms. The summed E-state index contributed by atoms with van der Waals surface area (Å²) in [5.41, 5.74) is 6.75. The van der Waals surface area contributed by atoms with Crippen LogP contribution < -0.4 is 11.3 Å². The van der Waals surface area contributed by atoms with Crippen LogP contribution in [0.15, 0.2) is 29.2 Å². The van der Waals surface area contributed by atoms with Gasteiger partial charge in [0.1, 0.15) is 11.2 Å². The maximum absolute atomic E-state index is 13.4. The van der Waals surface area contributed by atoms with E-state index in [2.05, 4.69) is 15.4 Å². The third-order valence-electron chi connectivity index (χ3n) is 3.28. The predicted octanol–water partition coefficient (Wildman–Crippen LogP) is 0.171. The highest BCUT2D eigenvalue weighted by Crippen LogP contribution is 2.11. The molecular formula is C13H13FN6O. The van der Waals surface area contributed by atoms with Gasteiger partial charge in [0.15, 0.2) is 5.65 Å². The van der Waals surface area contributed by atoms with Crippen molar-refractivity contribution in [3.63, 3.8) is 0 Å². The van der Waals surface area contributed by atoms with Crippen LogP contribution in [0.4, 0.5) is 4.39 Å². The third-order valence-corrected chi connectivity index (χ3v) is 3.28. The highest BCUT2D eigenvalue weighted by atomic mass is 19.1. The second-order valence-electron chi connectivity index (χ2n) is 4.69. The molecule has 3 rings (SSSR count). The molecule has 0 unspecified atom stereocenters. The minimum Gasteiger partial charge on any atom is -0.326 e. The summed E-state index contributed by atoms with van der Waals surface area (Å²) in [6.45, 7) is 0.297. The van der Waals surface area contributed by atoms with Crippen molar-refractivity contribution in [3.8, 4) is 0 Å². The van der Waals surface area contributed by atoms with Crippen LogP contribution in [-0.4, -0.2) is 24.8 Å². The summed E-state index contributed by atoms with van der Waals surface area (Å²) in [4.78, 5) is 12.3. The van der Waals surface area contributed by atoms with Crippen LogP contribution in [0.3, 0.4) is 0 Å². The molecule has 0 aliphatic heterocycles. The van der Waals surface area contributed by atoms with E-state index < -0.39 is 0 Å². The average Bonchev–Trinajstić information content (AvgIpc) is 2.86. The highest BCUT2D eigenvalue weighted by Gasteiger charge is 2.10. The Labute approximate surface area is 118 Å². The van der Waals surface area contributed by atoms with E-state index in [4.69, 9.17) is 5.73 Å². The second-order valence-corrected chi connectivity index (χ2v) is 4.69. The summed E-state index contributed by atoms with van der Waals surface area (Å²) in [6, 6.07) is 4.55.